The summed E-state index contributed by atoms with van der Waals surface area (Å²) in [4.78, 5) is 26.4. The maximum Gasteiger partial charge on any atom is 0.414 e. The van der Waals surface area contributed by atoms with Crippen LogP contribution in [0.4, 0.5) is 10.5 Å². The second kappa shape index (κ2) is 9.33. The Labute approximate surface area is 234 Å². The normalized spacial score (nSPS) is 39.7. The number of hydrogen-bond donors (Lipinski definition) is 3. The molecule has 0 aliphatic heterocycles. The quantitative estimate of drug-likeness (QED) is 0.375. The number of ether oxygens (including phenoxy) is 2. The first-order valence-electron chi connectivity index (χ1n) is 13.5. The van der Waals surface area contributed by atoms with Crippen LogP contribution in [0.2, 0.25) is 5.02 Å². The van der Waals surface area contributed by atoms with Crippen LogP contribution < -0.4 is 4.90 Å². The first kappa shape index (κ1) is 28.1. The molecule has 0 heterocycles. The average molecular weight is 560 g/mol. The van der Waals surface area contributed by atoms with E-state index in [1.54, 1.807) is 44.3 Å². The summed E-state index contributed by atoms with van der Waals surface area (Å²) in [7, 11) is 1.55. The van der Waals surface area contributed by atoms with E-state index in [0.717, 1.165) is 6.42 Å². The Balaban J connectivity index is 1.58. The number of nitrogens with zero attached hydrogens (tertiary/aromatic N) is 1. The number of hydrogen-bond acceptors (Lipinski definition) is 7. The van der Waals surface area contributed by atoms with E-state index in [-0.39, 0.29) is 29.8 Å². The summed E-state index contributed by atoms with van der Waals surface area (Å²) in [6.07, 6.45) is -0.270. The molecule has 39 heavy (non-hydrogen) atoms. The Morgan fingerprint density at radius 2 is 1.82 bits per heavy atom. The summed E-state index contributed by atoms with van der Waals surface area (Å²) >= 11 is 5.99. The molecule has 1 aromatic rings. The van der Waals surface area contributed by atoms with Crippen molar-refractivity contribution in [2.75, 3.05) is 18.6 Å². The van der Waals surface area contributed by atoms with Gasteiger partial charge in [0.2, 0.25) is 0 Å². The van der Waals surface area contributed by atoms with E-state index in [1.807, 2.05) is 13.0 Å². The van der Waals surface area contributed by atoms with E-state index in [4.69, 9.17) is 21.1 Å². The molecule has 9 heteroatoms. The molecular weight excluding hydrogens is 522 g/mol. The largest absolute Gasteiger partial charge is 0.461 e. The molecule has 2 bridgehead atoms. The Morgan fingerprint density at radius 3 is 2.44 bits per heavy atom. The van der Waals surface area contributed by atoms with Gasteiger partial charge in [0.05, 0.1) is 11.5 Å². The molecule has 5 rings (SSSR count). The monoisotopic (exact) mass is 559 g/mol. The molecule has 212 valence electrons. The predicted octanol–water partition coefficient (Wildman–Crippen LogP) is 4.11. The molecule has 0 aromatic heterocycles. The molecule has 2 saturated carbocycles. The molecule has 4 aliphatic carbocycles. The van der Waals surface area contributed by atoms with Crippen molar-refractivity contribution < 1.29 is 34.4 Å². The van der Waals surface area contributed by atoms with E-state index < -0.39 is 41.4 Å². The highest BCUT2D eigenvalue weighted by Crippen LogP contribution is 2.72. The highest BCUT2D eigenvalue weighted by molar-refractivity contribution is 6.30. The van der Waals surface area contributed by atoms with Crippen molar-refractivity contribution in [2.45, 2.75) is 65.0 Å². The van der Waals surface area contributed by atoms with Crippen molar-refractivity contribution in [3.8, 4) is 0 Å². The molecule has 8 nitrogen and oxygen atoms in total. The van der Waals surface area contributed by atoms with Crippen molar-refractivity contribution in [1.29, 1.82) is 0 Å². The number of esters is 1. The summed E-state index contributed by atoms with van der Waals surface area (Å²) in [6, 6.07) is 6.66. The van der Waals surface area contributed by atoms with Crippen LogP contribution in [0, 0.1) is 34.5 Å². The van der Waals surface area contributed by atoms with Crippen LogP contribution in [0.25, 0.3) is 0 Å². The molecule has 2 unspecified atom stereocenters. The van der Waals surface area contributed by atoms with Gasteiger partial charge in [0.15, 0.2) is 6.10 Å². The average Bonchev–Trinajstić information content (AvgIpc) is 3.36. The molecule has 1 spiro atoms. The molecular formula is C30H38ClNO7. The van der Waals surface area contributed by atoms with Gasteiger partial charge >= 0.3 is 12.1 Å². The number of carbonyl (C=O) groups excluding carboxylic acids is 2. The fraction of sp³-hybridized carbons (Fsp3) is 0.600. The fourth-order valence-corrected chi connectivity index (χ4v) is 8.15. The van der Waals surface area contributed by atoms with Crippen molar-refractivity contribution in [3.05, 3.63) is 52.6 Å². The molecule has 0 saturated heterocycles. The lowest BCUT2D eigenvalue weighted by Gasteiger charge is -2.52. The summed E-state index contributed by atoms with van der Waals surface area (Å²) in [5, 5.41) is 37.3. The van der Waals surface area contributed by atoms with Crippen molar-refractivity contribution in [2.24, 2.45) is 34.5 Å². The topological polar surface area (TPSA) is 117 Å². The first-order chi connectivity index (χ1) is 18.2. The fourth-order valence-electron chi connectivity index (χ4n) is 8.03. The zero-order valence-electron chi connectivity index (χ0n) is 23.2. The van der Waals surface area contributed by atoms with Crippen LogP contribution in [0.5, 0.6) is 0 Å². The van der Waals surface area contributed by atoms with Gasteiger partial charge in [-0.1, -0.05) is 44.5 Å². The maximum atomic E-state index is 13.4. The lowest BCUT2D eigenvalue weighted by Crippen LogP contribution is -2.67. The van der Waals surface area contributed by atoms with Gasteiger partial charge in [0.1, 0.15) is 18.3 Å². The second-order valence-electron chi connectivity index (χ2n) is 12.5. The Kier molecular flexibility index (Phi) is 6.74. The number of benzene rings is 1. The molecule has 9 atom stereocenters. The Bertz CT molecular complexity index is 1240. The van der Waals surface area contributed by atoms with Crippen molar-refractivity contribution in [1.82, 2.24) is 0 Å². The Morgan fingerprint density at radius 1 is 1.18 bits per heavy atom. The van der Waals surface area contributed by atoms with Crippen LogP contribution in [0.15, 0.2) is 47.6 Å². The van der Waals surface area contributed by atoms with Crippen LogP contribution in [-0.4, -0.2) is 64.9 Å². The molecule has 1 aromatic carbocycles. The van der Waals surface area contributed by atoms with Crippen LogP contribution in [0.1, 0.15) is 41.0 Å². The van der Waals surface area contributed by atoms with E-state index in [0.29, 0.717) is 27.8 Å². The van der Waals surface area contributed by atoms with E-state index >= 15 is 0 Å². The summed E-state index contributed by atoms with van der Waals surface area (Å²) in [5.74, 6) is -0.729. The van der Waals surface area contributed by atoms with Gasteiger partial charge in [-0.05, 0) is 71.9 Å². The molecule has 3 N–H and O–H groups in total. The third-order valence-corrected chi connectivity index (χ3v) is 10.4. The van der Waals surface area contributed by atoms with E-state index in [2.05, 4.69) is 13.8 Å². The lowest BCUT2D eigenvalue weighted by atomic mass is 9.58. The van der Waals surface area contributed by atoms with Crippen LogP contribution >= 0.6 is 11.6 Å². The number of rotatable bonds is 4. The summed E-state index contributed by atoms with van der Waals surface area (Å²) in [6.45, 7) is 9.13. The highest BCUT2D eigenvalue weighted by atomic mass is 35.5. The SMILES string of the molecule is CC(=O)OCC1=C[C@@H]2C(O)[C@]3(C=C(C)[C@H](OC(=O)N(C)c4ccc(Cl)cc4)[C@@]3(O)[C@@H]1O)[C@H](C)CC1[C@H]2C1(C)C. The van der Waals surface area contributed by atoms with Gasteiger partial charge in [-0.3, -0.25) is 9.69 Å². The van der Waals surface area contributed by atoms with Gasteiger partial charge in [-0.15, -0.1) is 0 Å². The number of aliphatic hydroxyl groups is 3. The standard InChI is InChI=1S/C30H38ClNO7/c1-15-13-29-16(2)11-22-23(28(22,4)5)21(25(29)35)12-18(14-38-17(3)33)24(34)30(29,37)26(15)39-27(36)32(6)20-9-7-19(31)8-10-20/h7-10,12-13,16,21-26,34-35,37H,11,14H2,1-6H3/t16-,21+,22?,23+,24-,25?,26+,29+,30+/m1/s1. The minimum atomic E-state index is -2.10. The zero-order chi connectivity index (χ0) is 28.7. The third kappa shape index (κ3) is 3.97. The van der Waals surface area contributed by atoms with Crippen molar-refractivity contribution in [3.63, 3.8) is 0 Å². The van der Waals surface area contributed by atoms with Gasteiger partial charge in [0.25, 0.3) is 0 Å². The molecule has 1 amide bonds. The van der Waals surface area contributed by atoms with Gasteiger partial charge in [0, 0.05) is 30.6 Å². The Hall–Kier alpha value is -2.39. The number of amides is 1. The second-order valence-corrected chi connectivity index (χ2v) is 12.9. The van der Waals surface area contributed by atoms with Gasteiger partial charge in [-0.2, -0.15) is 0 Å². The molecule has 0 radical (unpaired) electrons. The van der Waals surface area contributed by atoms with Crippen LogP contribution in [0.3, 0.4) is 0 Å². The number of aliphatic hydroxyl groups excluding tert-OH is 2. The first-order valence-corrected chi connectivity index (χ1v) is 13.9. The summed E-state index contributed by atoms with van der Waals surface area (Å²) in [5.41, 5.74) is -2.06. The smallest absolute Gasteiger partial charge is 0.414 e. The lowest BCUT2D eigenvalue weighted by molar-refractivity contribution is -0.215. The minimum absolute atomic E-state index is 0.0253. The van der Waals surface area contributed by atoms with E-state index in [9.17, 15) is 24.9 Å². The number of anilines is 1. The van der Waals surface area contributed by atoms with Gasteiger partial charge in [-0.25, -0.2) is 4.79 Å². The minimum Gasteiger partial charge on any atom is -0.461 e. The van der Waals surface area contributed by atoms with Crippen molar-refractivity contribution >= 4 is 29.4 Å². The molecule has 4 aliphatic rings. The van der Waals surface area contributed by atoms with Crippen LogP contribution in [-0.2, 0) is 14.3 Å². The molecule has 2 fully saturated rings. The zero-order valence-corrected chi connectivity index (χ0v) is 24.0. The van der Waals surface area contributed by atoms with Gasteiger partial charge < -0.3 is 24.8 Å². The summed E-state index contributed by atoms with van der Waals surface area (Å²) < 4.78 is 11.3. The van der Waals surface area contributed by atoms with E-state index in [1.165, 1.54) is 11.8 Å². The number of fused-ring (bicyclic) bond motifs is 3. The number of carbonyl (C=O) groups is 2. The highest BCUT2D eigenvalue weighted by Gasteiger charge is 2.76. The maximum absolute atomic E-state index is 13.4. The third-order valence-electron chi connectivity index (χ3n) is 10.1. The predicted molar refractivity (Wildman–Crippen MR) is 146 cm³/mol. The number of halogens is 1.